The normalized spacial score (nSPS) is 28.4. The summed E-state index contributed by atoms with van der Waals surface area (Å²) in [6.45, 7) is 4.01. The number of fused-ring (bicyclic) bond motifs is 3. The number of anilines is 1. The zero-order valence-corrected chi connectivity index (χ0v) is 27.1. The lowest BCUT2D eigenvalue weighted by Gasteiger charge is -2.59. The second kappa shape index (κ2) is 10.2. The van der Waals surface area contributed by atoms with Crippen molar-refractivity contribution in [2.45, 2.75) is 44.9 Å². The number of nitrogens with zero attached hydrogens (tertiary/aromatic N) is 3. The van der Waals surface area contributed by atoms with Crippen LogP contribution in [0.15, 0.2) is 35.1 Å². The van der Waals surface area contributed by atoms with Crippen LogP contribution in [0.3, 0.4) is 0 Å². The predicted molar refractivity (Wildman–Crippen MR) is 169 cm³/mol. The van der Waals surface area contributed by atoms with Crippen molar-refractivity contribution in [2.24, 2.45) is 16.6 Å². The second-order valence-corrected chi connectivity index (χ2v) is 14.6. The number of hydrogen-bond acceptors (Lipinski definition) is 11. The highest BCUT2D eigenvalue weighted by molar-refractivity contribution is 7.15. The molecule has 44 heavy (non-hydrogen) atoms. The molecule has 0 saturated heterocycles. The van der Waals surface area contributed by atoms with Gasteiger partial charge in [-0.05, 0) is 64.8 Å². The van der Waals surface area contributed by atoms with Crippen LogP contribution in [0.1, 0.15) is 36.3 Å². The van der Waals surface area contributed by atoms with Gasteiger partial charge in [-0.15, -0.1) is 11.3 Å². The Bertz CT molecular complexity index is 1690. The highest BCUT2D eigenvalue weighted by Crippen LogP contribution is 2.64. The van der Waals surface area contributed by atoms with Gasteiger partial charge in [-0.3, -0.25) is 19.3 Å². The summed E-state index contributed by atoms with van der Waals surface area (Å²) in [4.78, 5) is 47.8. The average molecular weight is 625 g/mol. The first-order valence-electron chi connectivity index (χ1n) is 14.3. The lowest BCUT2D eigenvalue weighted by molar-refractivity contribution is -0.175. The standard InChI is InChI=1S/C32H40N4O7S/c1-30-12-17-18(35(5)6)11-16(19-10-9-15(44-19)13-34(3)4)23(37)20(17)24(38)22(30)28(41)32(43)27(40)21(29(33)42)25(39)26(36(7)8)31(32,2)14-30/h9-11,26,37-38,40,43H,12-14H2,1-8H3,(H2,33,42)/t26-,30+,31+,32-/m1/s1. The molecule has 6 N–H and O–H groups in total. The molecule has 236 valence electrons. The minimum absolute atomic E-state index is 0.0278. The number of carbonyl (C=O) groups is 3. The molecule has 0 spiro atoms. The molecule has 3 aliphatic rings. The average Bonchev–Trinajstić information content (AvgIpc) is 3.33. The summed E-state index contributed by atoms with van der Waals surface area (Å²) in [5.41, 5.74) is 0.798. The van der Waals surface area contributed by atoms with Crippen LogP contribution in [-0.2, 0) is 27.3 Å². The van der Waals surface area contributed by atoms with E-state index in [1.807, 2.05) is 56.2 Å². The third-order valence-electron chi connectivity index (χ3n) is 9.49. The SMILES string of the molecule is CN(C)Cc1ccc(-c2cc(N(C)C)c3c(c2O)C(O)=C2C(=O)[C@]4(O)C(O)=C(C(N)=O)C(=O)[C@@H](N(C)C)[C@]4(C)C[C@]2(C)C3)s1. The molecule has 0 radical (unpaired) electrons. The van der Waals surface area contributed by atoms with Crippen LogP contribution in [-0.4, -0.2) is 102 Å². The number of hydrogen-bond donors (Lipinski definition) is 5. The number of likely N-dealkylation sites (N-methyl/N-ethyl adjacent to an activating group) is 1. The fourth-order valence-corrected chi connectivity index (χ4v) is 9.02. The molecule has 3 aliphatic carbocycles. The quantitative estimate of drug-likeness (QED) is 0.301. The van der Waals surface area contributed by atoms with E-state index in [0.29, 0.717) is 17.7 Å². The van der Waals surface area contributed by atoms with Crippen LogP contribution >= 0.6 is 11.3 Å². The van der Waals surface area contributed by atoms with Crippen molar-refractivity contribution in [3.05, 3.63) is 51.1 Å². The lowest BCUT2D eigenvalue weighted by Crippen LogP contribution is -2.72. The fraction of sp³-hybridized carbons (Fsp3) is 0.469. The summed E-state index contributed by atoms with van der Waals surface area (Å²) in [5, 5.41) is 47.2. The van der Waals surface area contributed by atoms with Gasteiger partial charge >= 0.3 is 0 Å². The van der Waals surface area contributed by atoms with Crippen LogP contribution in [0.25, 0.3) is 16.2 Å². The van der Waals surface area contributed by atoms with Crippen molar-refractivity contribution < 1.29 is 34.8 Å². The first kappa shape index (κ1) is 31.7. The summed E-state index contributed by atoms with van der Waals surface area (Å²) in [7, 11) is 10.8. The van der Waals surface area contributed by atoms with Crippen LogP contribution in [0.4, 0.5) is 5.69 Å². The zero-order chi connectivity index (χ0) is 32.8. The maximum atomic E-state index is 14.6. The Morgan fingerprint density at radius 3 is 2.25 bits per heavy atom. The molecule has 4 atom stereocenters. The van der Waals surface area contributed by atoms with E-state index in [1.165, 1.54) is 23.2 Å². The van der Waals surface area contributed by atoms with E-state index < -0.39 is 57.0 Å². The number of phenols is 1. The van der Waals surface area contributed by atoms with E-state index in [1.54, 1.807) is 21.0 Å². The van der Waals surface area contributed by atoms with Crippen LogP contribution in [0.2, 0.25) is 0 Å². The molecule has 1 amide bonds. The molecule has 5 rings (SSSR count). The number of aliphatic hydroxyl groups excluding tert-OH is 2. The predicted octanol–water partition coefficient (Wildman–Crippen LogP) is 2.60. The zero-order valence-electron chi connectivity index (χ0n) is 26.3. The smallest absolute Gasteiger partial charge is 0.255 e. The largest absolute Gasteiger partial charge is 0.508 e. The number of nitrogens with two attached hydrogens (primary N) is 1. The summed E-state index contributed by atoms with van der Waals surface area (Å²) in [5.74, 6) is -4.97. The van der Waals surface area contributed by atoms with Gasteiger partial charge in [0.25, 0.3) is 5.91 Å². The third kappa shape index (κ3) is 4.15. The highest BCUT2D eigenvalue weighted by atomic mass is 32.1. The Balaban J connectivity index is 1.80. The maximum Gasteiger partial charge on any atom is 0.255 e. The van der Waals surface area contributed by atoms with E-state index in [4.69, 9.17) is 5.73 Å². The van der Waals surface area contributed by atoms with Gasteiger partial charge in [0.2, 0.25) is 5.78 Å². The topological polar surface area (TPSA) is 168 Å². The number of Topliss-reactive ketones (excluding diaryl/α,β-unsaturated/α-hetero) is 2. The Morgan fingerprint density at radius 1 is 1.07 bits per heavy atom. The number of phenolic OH excluding ortho intramolecular Hbond substituents is 1. The minimum Gasteiger partial charge on any atom is -0.508 e. The van der Waals surface area contributed by atoms with Gasteiger partial charge in [0.15, 0.2) is 11.4 Å². The van der Waals surface area contributed by atoms with Crippen LogP contribution in [0.5, 0.6) is 5.75 Å². The Morgan fingerprint density at radius 2 is 1.70 bits per heavy atom. The van der Waals surface area contributed by atoms with Crippen LogP contribution in [0, 0.1) is 10.8 Å². The number of amides is 1. The van der Waals surface area contributed by atoms with E-state index in [0.717, 1.165) is 15.4 Å². The first-order chi connectivity index (χ1) is 20.3. The molecular weight excluding hydrogens is 584 g/mol. The number of rotatable bonds is 6. The van der Waals surface area contributed by atoms with Gasteiger partial charge in [0, 0.05) is 58.0 Å². The molecule has 1 heterocycles. The fourth-order valence-electron chi connectivity index (χ4n) is 7.88. The van der Waals surface area contributed by atoms with Gasteiger partial charge in [0.1, 0.15) is 22.8 Å². The highest BCUT2D eigenvalue weighted by Gasteiger charge is 2.72. The molecule has 2 aromatic rings. The van der Waals surface area contributed by atoms with Gasteiger partial charge < -0.3 is 36.0 Å². The van der Waals surface area contributed by atoms with Crippen molar-refractivity contribution in [3.63, 3.8) is 0 Å². The van der Waals surface area contributed by atoms with Crippen molar-refractivity contribution in [1.82, 2.24) is 9.80 Å². The summed E-state index contributed by atoms with van der Waals surface area (Å²) in [6, 6.07) is 4.54. The number of carbonyl (C=O) groups excluding carboxylic acids is 3. The summed E-state index contributed by atoms with van der Waals surface area (Å²) >= 11 is 1.50. The van der Waals surface area contributed by atoms with Crippen molar-refractivity contribution in [3.8, 4) is 16.2 Å². The van der Waals surface area contributed by atoms with E-state index in [9.17, 15) is 34.8 Å². The molecule has 1 saturated carbocycles. The number of ketones is 2. The van der Waals surface area contributed by atoms with Crippen molar-refractivity contribution in [1.29, 1.82) is 0 Å². The number of benzene rings is 1. The second-order valence-electron chi connectivity index (χ2n) is 13.5. The monoisotopic (exact) mass is 624 g/mol. The molecule has 1 aromatic carbocycles. The van der Waals surface area contributed by atoms with E-state index >= 15 is 0 Å². The number of thiophene rings is 1. The van der Waals surface area contributed by atoms with Crippen molar-refractivity contribution >= 4 is 40.3 Å². The molecule has 1 fully saturated rings. The van der Waals surface area contributed by atoms with E-state index in [2.05, 4.69) is 0 Å². The van der Waals surface area contributed by atoms with Gasteiger partial charge in [0.05, 0.1) is 11.6 Å². The molecule has 0 bridgehead atoms. The number of aromatic hydroxyl groups is 1. The number of aliphatic hydroxyl groups is 3. The van der Waals surface area contributed by atoms with Gasteiger partial charge in [-0.25, -0.2) is 0 Å². The van der Waals surface area contributed by atoms with E-state index in [-0.39, 0.29) is 29.7 Å². The molecule has 11 nitrogen and oxygen atoms in total. The summed E-state index contributed by atoms with van der Waals surface area (Å²) < 4.78 is 0. The Kier molecular flexibility index (Phi) is 7.32. The molecule has 0 aliphatic heterocycles. The Hall–Kier alpha value is -3.71. The Labute approximate surface area is 260 Å². The van der Waals surface area contributed by atoms with Gasteiger partial charge in [-0.1, -0.05) is 13.8 Å². The maximum absolute atomic E-state index is 14.6. The van der Waals surface area contributed by atoms with Gasteiger partial charge in [-0.2, -0.15) is 0 Å². The molecule has 1 aromatic heterocycles. The molecular formula is C32H40N4O7S. The van der Waals surface area contributed by atoms with Crippen LogP contribution < -0.4 is 10.6 Å². The first-order valence-corrected chi connectivity index (χ1v) is 15.1. The minimum atomic E-state index is -2.76. The summed E-state index contributed by atoms with van der Waals surface area (Å²) in [6.07, 6.45) is 0.151. The molecule has 12 heteroatoms. The van der Waals surface area contributed by atoms with Crippen molar-refractivity contribution in [2.75, 3.05) is 47.2 Å². The third-order valence-corrected chi connectivity index (χ3v) is 10.6. The molecule has 0 unspecified atom stereocenters. The number of primary amides is 1. The lowest BCUT2D eigenvalue weighted by atomic mass is 9.46.